The van der Waals surface area contributed by atoms with Gasteiger partial charge in [-0.3, -0.25) is 9.48 Å². The predicted octanol–water partition coefficient (Wildman–Crippen LogP) is 1.82. The molecule has 1 aliphatic carbocycles. The number of aromatic nitrogens is 2. The van der Waals surface area contributed by atoms with Gasteiger partial charge in [-0.1, -0.05) is 6.42 Å². The lowest BCUT2D eigenvalue weighted by molar-refractivity contribution is -0.124. The van der Waals surface area contributed by atoms with Crippen LogP contribution in [0.25, 0.3) is 0 Å². The molecule has 1 fully saturated rings. The van der Waals surface area contributed by atoms with Crippen molar-refractivity contribution in [3.8, 4) is 0 Å². The molecule has 1 unspecified atom stereocenters. The van der Waals surface area contributed by atoms with Crippen LogP contribution < -0.4 is 10.6 Å². The number of halogens is 1. The minimum atomic E-state index is -0.349. The van der Waals surface area contributed by atoms with E-state index in [-0.39, 0.29) is 29.8 Å². The van der Waals surface area contributed by atoms with Gasteiger partial charge in [0.05, 0.1) is 6.20 Å². The summed E-state index contributed by atoms with van der Waals surface area (Å²) in [6.07, 6.45) is 8.23. The van der Waals surface area contributed by atoms with E-state index in [2.05, 4.69) is 15.7 Å². The molecule has 1 aromatic heterocycles. The maximum absolute atomic E-state index is 12.5. The molecule has 1 atom stereocenters. The van der Waals surface area contributed by atoms with E-state index >= 15 is 0 Å². The second-order valence-corrected chi connectivity index (χ2v) is 6.19. The largest absolute Gasteiger partial charge is 0.382 e. The summed E-state index contributed by atoms with van der Waals surface area (Å²) in [5.41, 5.74) is 1.12. The second kappa shape index (κ2) is 9.25. The topological polar surface area (TPSA) is 68.2 Å². The van der Waals surface area contributed by atoms with Gasteiger partial charge >= 0.3 is 0 Å². The van der Waals surface area contributed by atoms with Crippen LogP contribution in [0.5, 0.6) is 0 Å². The number of nitrogens with one attached hydrogen (secondary N) is 2. The Morgan fingerprint density at radius 2 is 2.26 bits per heavy atom. The van der Waals surface area contributed by atoms with E-state index < -0.39 is 0 Å². The van der Waals surface area contributed by atoms with E-state index in [9.17, 15) is 4.79 Å². The smallest absolute Gasteiger partial charge is 0.241 e. The van der Waals surface area contributed by atoms with E-state index in [1.165, 1.54) is 19.3 Å². The monoisotopic (exact) mass is 344 g/mol. The number of likely N-dealkylation sites (N-methyl/N-ethyl adjacent to an activating group) is 1. The number of carbonyl (C=O) groups excluding carboxylic acids is 1. The molecule has 1 amide bonds. The van der Waals surface area contributed by atoms with Crippen molar-refractivity contribution in [2.75, 3.05) is 26.8 Å². The lowest BCUT2D eigenvalue weighted by Crippen LogP contribution is -2.45. The first-order valence-corrected chi connectivity index (χ1v) is 8.11. The van der Waals surface area contributed by atoms with Gasteiger partial charge in [-0.15, -0.1) is 12.4 Å². The molecule has 2 rings (SSSR count). The fourth-order valence-electron chi connectivity index (χ4n) is 3.04. The fourth-order valence-corrected chi connectivity index (χ4v) is 3.04. The molecule has 0 aromatic carbocycles. The van der Waals surface area contributed by atoms with Gasteiger partial charge in [0.2, 0.25) is 5.91 Å². The quantitative estimate of drug-likeness (QED) is 0.670. The number of rotatable bonds is 9. The summed E-state index contributed by atoms with van der Waals surface area (Å²) in [6.45, 7) is 4.29. The van der Waals surface area contributed by atoms with Gasteiger partial charge in [0.1, 0.15) is 6.04 Å². The van der Waals surface area contributed by atoms with E-state index in [1.807, 2.05) is 20.2 Å². The summed E-state index contributed by atoms with van der Waals surface area (Å²) in [6, 6.07) is -0.349. The Morgan fingerprint density at radius 1 is 1.52 bits per heavy atom. The van der Waals surface area contributed by atoms with Crippen LogP contribution in [-0.4, -0.2) is 42.5 Å². The Balaban J connectivity index is 0.00000264. The zero-order valence-corrected chi connectivity index (χ0v) is 15.1. The van der Waals surface area contributed by atoms with Gasteiger partial charge in [-0.25, -0.2) is 0 Å². The first-order chi connectivity index (χ1) is 10.6. The van der Waals surface area contributed by atoms with Crippen LogP contribution in [0.1, 0.15) is 44.2 Å². The molecule has 0 radical (unpaired) electrons. The highest BCUT2D eigenvalue weighted by molar-refractivity contribution is 5.85. The molecule has 2 N–H and O–H groups in total. The van der Waals surface area contributed by atoms with Gasteiger partial charge in [0, 0.05) is 38.6 Å². The van der Waals surface area contributed by atoms with Crippen LogP contribution in [0, 0.1) is 5.41 Å². The summed E-state index contributed by atoms with van der Waals surface area (Å²) in [5.74, 6) is 0.0122. The SMILES string of the molecule is CCOCCC1(CNC(=O)C(NC)c2cnn(C)c2)CCC1.Cl. The number of aryl methyl sites for hydroxylation is 1. The van der Waals surface area contributed by atoms with Crippen molar-refractivity contribution in [2.45, 2.75) is 38.6 Å². The molecule has 0 spiro atoms. The number of hydrogen-bond acceptors (Lipinski definition) is 4. The minimum Gasteiger partial charge on any atom is -0.382 e. The van der Waals surface area contributed by atoms with Gasteiger partial charge in [-0.05, 0) is 38.6 Å². The first kappa shape index (κ1) is 19.9. The van der Waals surface area contributed by atoms with Crippen LogP contribution in [0.4, 0.5) is 0 Å². The molecule has 23 heavy (non-hydrogen) atoms. The number of carbonyl (C=O) groups is 1. The number of amides is 1. The van der Waals surface area contributed by atoms with Crippen LogP contribution >= 0.6 is 12.4 Å². The third-order valence-corrected chi connectivity index (χ3v) is 4.64. The maximum Gasteiger partial charge on any atom is 0.241 e. The first-order valence-electron chi connectivity index (χ1n) is 8.11. The highest BCUT2D eigenvalue weighted by atomic mass is 35.5. The summed E-state index contributed by atoms with van der Waals surface area (Å²) in [5, 5.41) is 10.3. The van der Waals surface area contributed by atoms with Crippen molar-refractivity contribution in [1.29, 1.82) is 0 Å². The molecule has 132 valence electrons. The molecule has 1 aromatic rings. The molecule has 0 bridgehead atoms. The van der Waals surface area contributed by atoms with Gasteiger partial charge < -0.3 is 15.4 Å². The second-order valence-electron chi connectivity index (χ2n) is 6.19. The van der Waals surface area contributed by atoms with Crippen molar-refractivity contribution < 1.29 is 9.53 Å². The van der Waals surface area contributed by atoms with Crippen LogP contribution in [0.3, 0.4) is 0 Å². The molecule has 1 aliphatic rings. The summed E-state index contributed by atoms with van der Waals surface area (Å²) >= 11 is 0. The molecule has 0 aliphatic heterocycles. The summed E-state index contributed by atoms with van der Waals surface area (Å²) in [4.78, 5) is 12.5. The lowest BCUT2D eigenvalue weighted by atomic mass is 9.66. The standard InChI is InChI=1S/C16H28N4O2.ClH/c1-4-22-9-8-16(6-5-7-16)12-18-15(21)14(17-2)13-10-19-20(3)11-13;/h10-11,14,17H,4-9,12H2,1-3H3,(H,18,21);1H. The molecular weight excluding hydrogens is 316 g/mol. The van der Waals surface area contributed by atoms with Gasteiger partial charge in [0.15, 0.2) is 0 Å². The van der Waals surface area contributed by atoms with Gasteiger partial charge in [-0.2, -0.15) is 5.10 Å². The number of nitrogens with zero attached hydrogens (tertiary/aromatic N) is 2. The maximum atomic E-state index is 12.5. The zero-order chi connectivity index (χ0) is 16.0. The van der Waals surface area contributed by atoms with Crippen molar-refractivity contribution in [3.63, 3.8) is 0 Å². The summed E-state index contributed by atoms with van der Waals surface area (Å²) in [7, 11) is 3.65. The number of ether oxygens (including phenoxy) is 1. The third kappa shape index (κ3) is 5.19. The van der Waals surface area contributed by atoms with Crippen LogP contribution in [0.15, 0.2) is 12.4 Å². The third-order valence-electron chi connectivity index (χ3n) is 4.64. The lowest BCUT2D eigenvalue weighted by Gasteiger charge is -2.42. The van der Waals surface area contributed by atoms with Crippen LogP contribution in [-0.2, 0) is 16.6 Å². The fraction of sp³-hybridized carbons (Fsp3) is 0.750. The Hall–Kier alpha value is -1.11. The number of hydrogen-bond donors (Lipinski definition) is 2. The highest BCUT2D eigenvalue weighted by Gasteiger charge is 2.37. The van der Waals surface area contributed by atoms with Crippen molar-refractivity contribution in [2.24, 2.45) is 12.5 Å². The van der Waals surface area contributed by atoms with E-state index in [4.69, 9.17) is 4.74 Å². The minimum absolute atomic E-state index is 0. The molecule has 1 heterocycles. The van der Waals surface area contributed by atoms with E-state index in [1.54, 1.807) is 17.9 Å². The molecule has 6 nitrogen and oxygen atoms in total. The Labute approximate surface area is 144 Å². The van der Waals surface area contributed by atoms with E-state index in [0.29, 0.717) is 0 Å². The average molecular weight is 345 g/mol. The summed E-state index contributed by atoms with van der Waals surface area (Å²) < 4.78 is 7.19. The zero-order valence-electron chi connectivity index (χ0n) is 14.3. The molecule has 1 saturated carbocycles. The predicted molar refractivity (Wildman–Crippen MR) is 92.7 cm³/mol. The van der Waals surface area contributed by atoms with Gasteiger partial charge in [0.25, 0.3) is 0 Å². The van der Waals surface area contributed by atoms with E-state index in [0.717, 1.165) is 31.7 Å². The normalized spacial score (nSPS) is 17.0. The van der Waals surface area contributed by atoms with Crippen molar-refractivity contribution in [1.82, 2.24) is 20.4 Å². The molecule has 0 saturated heterocycles. The Kier molecular flexibility index (Phi) is 8.02. The highest BCUT2D eigenvalue weighted by Crippen LogP contribution is 2.43. The Bertz CT molecular complexity index is 488. The van der Waals surface area contributed by atoms with Crippen molar-refractivity contribution in [3.05, 3.63) is 18.0 Å². The van der Waals surface area contributed by atoms with Crippen molar-refractivity contribution >= 4 is 18.3 Å². The van der Waals surface area contributed by atoms with Crippen LogP contribution in [0.2, 0.25) is 0 Å². The molecule has 7 heteroatoms. The average Bonchev–Trinajstić information content (AvgIpc) is 2.88. The molecular formula is C16H29ClN4O2. The Morgan fingerprint density at radius 3 is 2.74 bits per heavy atom.